The molecule has 0 radical (unpaired) electrons. The van der Waals surface area contributed by atoms with E-state index in [1.54, 1.807) is 30.0 Å². The van der Waals surface area contributed by atoms with E-state index in [4.69, 9.17) is 11.6 Å². The van der Waals surface area contributed by atoms with Gasteiger partial charge in [0.1, 0.15) is 5.82 Å². The Morgan fingerprint density at radius 3 is 2.47 bits per heavy atom. The highest BCUT2D eigenvalue weighted by Crippen LogP contribution is 2.19. The van der Waals surface area contributed by atoms with E-state index >= 15 is 0 Å². The molecule has 0 unspecified atom stereocenters. The molecule has 0 aromatic heterocycles. The van der Waals surface area contributed by atoms with Crippen LogP contribution >= 0.6 is 23.4 Å². The number of carbonyl (C=O) groups is 1. The fraction of sp³-hybridized carbons (Fsp3) is 0.133. The van der Waals surface area contributed by atoms with Crippen molar-refractivity contribution in [3.05, 3.63) is 64.4 Å². The number of benzene rings is 2. The summed E-state index contributed by atoms with van der Waals surface area (Å²) in [7, 11) is 0. The molecule has 0 atom stereocenters. The Morgan fingerprint density at radius 2 is 1.89 bits per heavy atom. The van der Waals surface area contributed by atoms with Crippen molar-refractivity contribution >= 4 is 29.1 Å². The number of hydrogen-bond donors (Lipinski definition) is 0. The molecule has 0 saturated heterocycles. The van der Waals surface area contributed by atoms with Crippen LogP contribution in [0.1, 0.15) is 15.9 Å². The Hall–Kier alpha value is -1.32. The first-order valence-electron chi connectivity index (χ1n) is 5.71. The smallest absolute Gasteiger partial charge is 0.167 e. The fourth-order valence-corrected chi connectivity index (χ4v) is 2.33. The van der Waals surface area contributed by atoms with Gasteiger partial charge in [-0.25, -0.2) is 4.39 Å². The zero-order valence-electron chi connectivity index (χ0n) is 10.3. The Bertz CT molecular complexity index is 596. The monoisotopic (exact) mass is 294 g/mol. The van der Waals surface area contributed by atoms with Gasteiger partial charge in [0.2, 0.25) is 0 Å². The first-order valence-corrected chi connectivity index (χ1v) is 7.31. The molecule has 0 aliphatic rings. The summed E-state index contributed by atoms with van der Waals surface area (Å²) in [6, 6.07) is 11.8. The van der Waals surface area contributed by atoms with Gasteiger partial charge in [0.05, 0.1) is 5.02 Å². The van der Waals surface area contributed by atoms with E-state index in [-0.39, 0.29) is 17.2 Å². The summed E-state index contributed by atoms with van der Waals surface area (Å²) in [4.78, 5) is 13.2. The van der Waals surface area contributed by atoms with Crippen molar-refractivity contribution < 1.29 is 9.18 Å². The minimum atomic E-state index is -0.470. The highest BCUT2D eigenvalue weighted by molar-refractivity contribution is 7.98. The van der Waals surface area contributed by atoms with Crippen molar-refractivity contribution in [1.29, 1.82) is 0 Å². The molecule has 98 valence electrons. The SMILES string of the molecule is CSc1ccc(C(=O)Cc2ccc(F)c(Cl)c2)cc1. The van der Waals surface area contributed by atoms with Crippen molar-refractivity contribution in [2.75, 3.05) is 6.26 Å². The van der Waals surface area contributed by atoms with E-state index in [1.807, 2.05) is 18.4 Å². The predicted octanol–water partition coefficient (Wildman–Crippen LogP) is 4.63. The molecule has 0 aliphatic heterocycles. The summed E-state index contributed by atoms with van der Waals surface area (Å²) in [5, 5.41) is 0.0445. The maximum Gasteiger partial charge on any atom is 0.167 e. The molecule has 4 heteroatoms. The van der Waals surface area contributed by atoms with E-state index < -0.39 is 5.82 Å². The van der Waals surface area contributed by atoms with Crippen LogP contribution < -0.4 is 0 Å². The van der Waals surface area contributed by atoms with E-state index in [0.29, 0.717) is 11.1 Å². The molecular weight excluding hydrogens is 283 g/mol. The number of hydrogen-bond acceptors (Lipinski definition) is 2. The normalized spacial score (nSPS) is 10.5. The van der Waals surface area contributed by atoms with E-state index in [9.17, 15) is 9.18 Å². The van der Waals surface area contributed by atoms with Crippen molar-refractivity contribution in [1.82, 2.24) is 0 Å². The summed E-state index contributed by atoms with van der Waals surface area (Å²) in [5.74, 6) is -0.475. The first-order chi connectivity index (χ1) is 9.10. The van der Waals surface area contributed by atoms with Gasteiger partial charge in [-0.2, -0.15) is 0 Å². The van der Waals surface area contributed by atoms with Gasteiger partial charge in [0.25, 0.3) is 0 Å². The van der Waals surface area contributed by atoms with Gasteiger partial charge >= 0.3 is 0 Å². The molecule has 0 heterocycles. The summed E-state index contributed by atoms with van der Waals surface area (Å²) in [5.41, 5.74) is 1.36. The second-order valence-corrected chi connectivity index (χ2v) is 5.36. The average Bonchev–Trinajstić information content (AvgIpc) is 2.43. The maximum absolute atomic E-state index is 13.0. The van der Waals surface area contributed by atoms with E-state index in [2.05, 4.69) is 0 Å². The summed E-state index contributed by atoms with van der Waals surface area (Å²) >= 11 is 7.32. The number of rotatable bonds is 4. The number of thioether (sulfide) groups is 1. The number of carbonyl (C=O) groups excluding carboxylic acids is 1. The standard InChI is InChI=1S/C15H12ClFOS/c1-19-12-5-3-11(4-6-12)15(18)9-10-2-7-14(17)13(16)8-10/h2-8H,9H2,1H3. The lowest BCUT2D eigenvalue weighted by molar-refractivity contribution is 0.0993. The number of Topliss-reactive ketones (excluding diaryl/α,β-unsaturated/α-hetero) is 1. The third-order valence-corrected chi connectivity index (χ3v) is 3.79. The van der Waals surface area contributed by atoms with Gasteiger partial charge in [0.15, 0.2) is 5.78 Å². The molecule has 2 rings (SSSR count). The summed E-state index contributed by atoms with van der Waals surface area (Å²) in [6.45, 7) is 0. The van der Waals surface area contributed by atoms with Gasteiger partial charge < -0.3 is 0 Å². The first kappa shape index (κ1) is 14.1. The molecular formula is C15H12ClFOS. The summed E-state index contributed by atoms with van der Waals surface area (Å²) < 4.78 is 13.0. The van der Waals surface area contributed by atoms with Crippen molar-refractivity contribution in [3.63, 3.8) is 0 Å². The van der Waals surface area contributed by atoms with Gasteiger partial charge in [-0.1, -0.05) is 29.8 Å². The zero-order valence-corrected chi connectivity index (χ0v) is 11.9. The summed E-state index contributed by atoms with van der Waals surface area (Å²) in [6.07, 6.45) is 2.20. The van der Waals surface area contributed by atoms with Crippen LogP contribution in [0.2, 0.25) is 5.02 Å². The molecule has 0 fully saturated rings. The van der Waals surface area contributed by atoms with E-state index in [0.717, 1.165) is 4.90 Å². The van der Waals surface area contributed by atoms with Crippen LogP contribution in [-0.2, 0) is 6.42 Å². The Kier molecular flexibility index (Phi) is 4.61. The van der Waals surface area contributed by atoms with Gasteiger partial charge in [-0.15, -0.1) is 11.8 Å². The third-order valence-electron chi connectivity index (χ3n) is 2.76. The predicted molar refractivity (Wildman–Crippen MR) is 77.7 cm³/mol. The molecule has 1 nitrogen and oxygen atoms in total. The molecule has 0 amide bonds. The third kappa shape index (κ3) is 3.58. The van der Waals surface area contributed by atoms with Gasteiger partial charge in [-0.05, 0) is 36.1 Å². The average molecular weight is 295 g/mol. The topological polar surface area (TPSA) is 17.1 Å². The van der Waals surface area contributed by atoms with Crippen molar-refractivity contribution in [2.24, 2.45) is 0 Å². The van der Waals surface area contributed by atoms with Crippen LogP contribution in [0, 0.1) is 5.82 Å². The van der Waals surface area contributed by atoms with Gasteiger partial charge in [-0.3, -0.25) is 4.79 Å². The van der Waals surface area contributed by atoms with Crippen LogP contribution in [0.3, 0.4) is 0 Å². The van der Waals surface area contributed by atoms with Crippen molar-refractivity contribution in [3.8, 4) is 0 Å². The zero-order chi connectivity index (χ0) is 13.8. The molecule has 0 spiro atoms. The van der Waals surface area contributed by atoms with Crippen LogP contribution in [0.25, 0.3) is 0 Å². The largest absolute Gasteiger partial charge is 0.294 e. The van der Waals surface area contributed by atoms with Crippen LogP contribution in [0.15, 0.2) is 47.4 Å². The van der Waals surface area contributed by atoms with Crippen LogP contribution in [0.5, 0.6) is 0 Å². The highest BCUT2D eigenvalue weighted by Gasteiger charge is 2.09. The molecule has 2 aromatic rings. The fourth-order valence-electron chi connectivity index (χ4n) is 1.71. The highest BCUT2D eigenvalue weighted by atomic mass is 35.5. The lowest BCUT2D eigenvalue weighted by Crippen LogP contribution is -2.03. The minimum absolute atomic E-state index is 0.00433. The van der Waals surface area contributed by atoms with Crippen LogP contribution in [-0.4, -0.2) is 12.0 Å². The number of ketones is 1. The molecule has 0 aliphatic carbocycles. The lowest BCUT2D eigenvalue weighted by atomic mass is 10.0. The van der Waals surface area contributed by atoms with Crippen LogP contribution in [0.4, 0.5) is 4.39 Å². The molecule has 2 aromatic carbocycles. The second-order valence-electron chi connectivity index (χ2n) is 4.08. The second kappa shape index (κ2) is 6.22. The van der Waals surface area contributed by atoms with E-state index in [1.165, 1.54) is 12.1 Å². The quantitative estimate of drug-likeness (QED) is 0.604. The minimum Gasteiger partial charge on any atom is -0.294 e. The Labute approximate surface area is 120 Å². The molecule has 0 N–H and O–H groups in total. The Balaban J connectivity index is 2.13. The Morgan fingerprint density at radius 1 is 1.21 bits per heavy atom. The lowest BCUT2D eigenvalue weighted by Gasteiger charge is -2.04. The number of halogens is 2. The van der Waals surface area contributed by atoms with Gasteiger partial charge in [0, 0.05) is 16.9 Å². The molecule has 19 heavy (non-hydrogen) atoms. The molecule has 0 bridgehead atoms. The molecule has 0 saturated carbocycles. The maximum atomic E-state index is 13.0. The van der Waals surface area contributed by atoms with Crippen molar-refractivity contribution in [2.45, 2.75) is 11.3 Å².